The molecule has 0 aliphatic rings. The molecule has 0 unspecified atom stereocenters. The Morgan fingerprint density at radius 1 is 0.897 bits per heavy atom. The van der Waals surface area contributed by atoms with Gasteiger partial charge in [-0.3, -0.25) is 4.79 Å². The van der Waals surface area contributed by atoms with Crippen molar-refractivity contribution >= 4 is 18.1 Å². The first-order valence-electron chi connectivity index (χ1n) is 10.3. The highest BCUT2D eigenvalue weighted by Gasteiger charge is 2.26. The van der Waals surface area contributed by atoms with Gasteiger partial charge in [-0.1, -0.05) is 13.8 Å². The van der Waals surface area contributed by atoms with Gasteiger partial charge < -0.3 is 19.0 Å². The molecule has 0 radical (unpaired) electrons. The zero-order chi connectivity index (χ0) is 21.5. The molecule has 160 valence electrons. The number of aliphatic hydroxyl groups is 1. The Labute approximate surface area is 173 Å². The zero-order valence-corrected chi connectivity index (χ0v) is 18.0. The topological polar surface area (TPSA) is 83.8 Å². The van der Waals surface area contributed by atoms with E-state index < -0.39 is 11.4 Å². The zero-order valence-electron chi connectivity index (χ0n) is 18.0. The molecule has 0 aliphatic carbocycles. The van der Waals surface area contributed by atoms with Crippen molar-refractivity contribution in [2.75, 3.05) is 6.61 Å². The maximum absolute atomic E-state index is 11.2. The van der Waals surface area contributed by atoms with E-state index in [4.69, 9.17) is 13.9 Å². The van der Waals surface area contributed by atoms with E-state index in [2.05, 4.69) is 13.8 Å². The molecule has 0 fully saturated rings. The molecule has 0 saturated heterocycles. The van der Waals surface area contributed by atoms with Crippen LogP contribution in [0, 0.1) is 10.8 Å². The maximum atomic E-state index is 11.2. The predicted octanol–water partition coefficient (Wildman–Crippen LogP) is 5.82. The molecule has 2 aromatic rings. The van der Waals surface area contributed by atoms with Crippen molar-refractivity contribution in [1.29, 1.82) is 0 Å². The third-order valence-electron chi connectivity index (χ3n) is 5.29. The second-order valence-corrected chi connectivity index (χ2v) is 9.16. The minimum atomic E-state index is -0.768. The summed E-state index contributed by atoms with van der Waals surface area (Å²) < 4.78 is 11.6. The second kappa shape index (κ2) is 9.97. The summed E-state index contributed by atoms with van der Waals surface area (Å²) in [7, 11) is 0. The fourth-order valence-electron chi connectivity index (χ4n) is 3.03. The van der Waals surface area contributed by atoms with Crippen molar-refractivity contribution in [3.63, 3.8) is 0 Å². The summed E-state index contributed by atoms with van der Waals surface area (Å²) in [6.07, 6.45) is 8.65. The number of rotatable bonds is 12. The summed E-state index contributed by atoms with van der Waals surface area (Å²) in [5, 5.41) is 18.5. The monoisotopic (exact) mass is 402 g/mol. The average Bonchev–Trinajstić information content (AvgIpc) is 3.29. The van der Waals surface area contributed by atoms with Gasteiger partial charge in [0.1, 0.15) is 23.0 Å². The number of aliphatic hydroxyl groups excluding tert-OH is 1. The summed E-state index contributed by atoms with van der Waals surface area (Å²) >= 11 is 0. The molecule has 2 aromatic heterocycles. The number of aryl methyl sites for hydroxylation is 2. The van der Waals surface area contributed by atoms with Crippen molar-refractivity contribution in [3.05, 3.63) is 47.3 Å². The van der Waals surface area contributed by atoms with Gasteiger partial charge in [-0.15, -0.1) is 0 Å². The van der Waals surface area contributed by atoms with Gasteiger partial charge in [0.15, 0.2) is 0 Å². The number of carbonyl (C=O) groups is 1. The molecule has 0 bridgehead atoms. The molecule has 0 aliphatic heterocycles. The van der Waals surface area contributed by atoms with Crippen molar-refractivity contribution in [3.8, 4) is 0 Å². The van der Waals surface area contributed by atoms with Gasteiger partial charge in [-0.2, -0.15) is 0 Å². The van der Waals surface area contributed by atoms with Crippen LogP contribution in [0.5, 0.6) is 0 Å². The van der Waals surface area contributed by atoms with Gasteiger partial charge in [0.25, 0.3) is 0 Å². The van der Waals surface area contributed by atoms with Crippen molar-refractivity contribution in [2.45, 2.75) is 66.2 Å². The van der Waals surface area contributed by atoms with E-state index in [9.17, 15) is 9.90 Å². The molecule has 0 amide bonds. The van der Waals surface area contributed by atoms with Crippen LogP contribution >= 0.6 is 0 Å². The van der Waals surface area contributed by atoms with Crippen LogP contribution < -0.4 is 0 Å². The van der Waals surface area contributed by atoms with Gasteiger partial charge in [0, 0.05) is 19.4 Å². The van der Waals surface area contributed by atoms with Gasteiger partial charge in [-0.05, 0) is 81.4 Å². The maximum Gasteiger partial charge on any atom is 0.309 e. The molecular formula is C24H34O5. The van der Waals surface area contributed by atoms with Crippen molar-refractivity contribution in [2.24, 2.45) is 10.8 Å². The number of carboxylic acid groups (broad SMARTS) is 1. The summed E-state index contributed by atoms with van der Waals surface area (Å²) in [5.74, 6) is 2.57. The Hall–Kier alpha value is -2.27. The lowest BCUT2D eigenvalue weighted by atomic mass is 9.87. The van der Waals surface area contributed by atoms with Gasteiger partial charge in [-0.25, -0.2) is 0 Å². The summed E-state index contributed by atoms with van der Waals surface area (Å²) in [6.45, 7) is 7.82. The van der Waals surface area contributed by atoms with Gasteiger partial charge in [0.05, 0.1) is 5.41 Å². The molecule has 29 heavy (non-hydrogen) atoms. The van der Waals surface area contributed by atoms with Crippen LogP contribution in [0.15, 0.2) is 33.1 Å². The molecule has 0 atom stereocenters. The standard InChI is InChI=1S/C24H34O5/c1-23(2,17-25)15-5-7-18-9-11-20(28-18)13-14-21-12-10-19(29-21)8-6-16-24(3,4)22(26)27/h9-14,25H,5-8,15-17H2,1-4H3,(H,26,27)/b14-13-. The smallest absolute Gasteiger partial charge is 0.309 e. The molecule has 5 heteroatoms. The minimum absolute atomic E-state index is 0.0459. The summed E-state index contributed by atoms with van der Waals surface area (Å²) in [4.78, 5) is 11.2. The highest BCUT2D eigenvalue weighted by Crippen LogP contribution is 2.25. The number of furan rings is 2. The predicted molar refractivity (Wildman–Crippen MR) is 115 cm³/mol. The first-order chi connectivity index (χ1) is 13.6. The van der Waals surface area contributed by atoms with Crippen LogP contribution in [0.1, 0.15) is 76.4 Å². The number of carboxylic acids is 1. The van der Waals surface area contributed by atoms with E-state index in [1.165, 1.54) is 0 Å². The highest BCUT2D eigenvalue weighted by atomic mass is 16.4. The van der Waals surface area contributed by atoms with Crippen molar-refractivity contribution < 1.29 is 23.8 Å². The van der Waals surface area contributed by atoms with Crippen LogP contribution in [0.25, 0.3) is 12.2 Å². The second-order valence-electron chi connectivity index (χ2n) is 9.16. The van der Waals surface area contributed by atoms with E-state index in [1.54, 1.807) is 13.8 Å². The lowest BCUT2D eigenvalue weighted by Crippen LogP contribution is -2.23. The first kappa shape index (κ1) is 23.0. The lowest BCUT2D eigenvalue weighted by Gasteiger charge is -2.20. The minimum Gasteiger partial charge on any atom is -0.481 e. The van der Waals surface area contributed by atoms with E-state index >= 15 is 0 Å². The van der Waals surface area contributed by atoms with Crippen LogP contribution in [-0.2, 0) is 17.6 Å². The Kier molecular flexibility index (Phi) is 7.91. The summed E-state index contributed by atoms with van der Waals surface area (Å²) in [5.41, 5.74) is -0.754. The molecule has 2 heterocycles. The Balaban J connectivity index is 1.81. The molecular weight excluding hydrogens is 368 g/mol. The van der Waals surface area contributed by atoms with E-state index in [0.29, 0.717) is 6.42 Å². The fourth-order valence-corrected chi connectivity index (χ4v) is 3.03. The normalized spacial score (nSPS) is 12.7. The fraction of sp³-hybridized carbons (Fsp3) is 0.542. The molecule has 0 spiro atoms. The molecule has 2 rings (SSSR count). The number of aliphatic carboxylic acids is 1. The molecule has 0 saturated carbocycles. The Bertz CT molecular complexity index is 807. The average molecular weight is 403 g/mol. The van der Waals surface area contributed by atoms with Gasteiger partial charge in [0.2, 0.25) is 0 Å². The van der Waals surface area contributed by atoms with E-state index in [-0.39, 0.29) is 12.0 Å². The third kappa shape index (κ3) is 7.58. The third-order valence-corrected chi connectivity index (χ3v) is 5.29. The largest absolute Gasteiger partial charge is 0.481 e. The quantitative estimate of drug-likeness (QED) is 0.467. The Morgan fingerprint density at radius 3 is 1.83 bits per heavy atom. The van der Waals surface area contributed by atoms with Crippen molar-refractivity contribution in [1.82, 2.24) is 0 Å². The van der Waals surface area contributed by atoms with E-state index in [0.717, 1.165) is 55.1 Å². The lowest BCUT2D eigenvalue weighted by molar-refractivity contribution is -0.147. The first-order valence-corrected chi connectivity index (χ1v) is 10.3. The van der Waals surface area contributed by atoms with Crippen LogP contribution in [0.3, 0.4) is 0 Å². The number of hydrogen-bond acceptors (Lipinski definition) is 4. The van der Waals surface area contributed by atoms with Crippen LogP contribution in [0.2, 0.25) is 0 Å². The molecule has 5 nitrogen and oxygen atoms in total. The Morgan fingerprint density at radius 2 is 1.38 bits per heavy atom. The van der Waals surface area contributed by atoms with E-state index in [1.807, 2.05) is 36.4 Å². The summed E-state index contributed by atoms with van der Waals surface area (Å²) in [6, 6.07) is 7.78. The number of hydrogen-bond donors (Lipinski definition) is 2. The highest BCUT2D eigenvalue weighted by molar-refractivity contribution is 5.73. The SMILES string of the molecule is CC(C)(CO)CCCc1ccc(/C=C\c2ccc(CCCC(C)(C)C(=O)O)o2)o1. The van der Waals surface area contributed by atoms with Crippen LogP contribution in [-0.4, -0.2) is 22.8 Å². The molecule has 0 aromatic carbocycles. The van der Waals surface area contributed by atoms with Crippen LogP contribution in [0.4, 0.5) is 0 Å². The molecule has 2 N–H and O–H groups in total. The van der Waals surface area contributed by atoms with Gasteiger partial charge >= 0.3 is 5.97 Å².